The molecule has 0 bridgehead atoms. The molecule has 0 amide bonds. The maximum atomic E-state index is 6.26. The van der Waals surface area contributed by atoms with Crippen LogP contribution in [0.5, 0.6) is 0 Å². The molecule has 0 aliphatic rings. The molecule has 2 aromatic rings. The van der Waals surface area contributed by atoms with Gasteiger partial charge < -0.3 is 5.32 Å². The average molecular weight is 282 g/mol. The van der Waals surface area contributed by atoms with E-state index in [1.807, 2.05) is 42.2 Å². The molecule has 0 unspecified atom stereocenters. The first kappa shape index (κ1) is 13.3. The van der Waals surface area contributed by atoms with Crippen LogP contribution in [0.2, 0.25) is 5.02 Å². The average Bonchev–Trinajstić information content (AvgIpc) is 2.88. The molecule has 0 radical (unpaired) electrons. The summed E-state index contributed by atoms with van der Waals surface area (Å²) in [6.07, 6.45) is 6.90. The first-order valence-corrected chi connectivity index (χ1v) is 7.61. The molecule has 18 heavy (non-hydrogen) atoms. The second-order valence-electron chi connectivity index (χ2n) is 3.86. The Hall–Kier alpha value is -1.13. The standard InChI is InChI=1S/C13H16ClN3S/c1-18-10-4-7-15-12-6-2-5-11(14)13(12)17-9-3-8-16-17/h2-3,5-6,8-9,15H,4,7,10H2,1H3. The zero-order valence-electron chi connectivity index (χ0n) is 10.3. The second-order valence-corrected chi connectivity index (χ2v) is 5.25. The lowest BCUT2D eigenvalue weighted by Gasteiger charge is -2.13. The lowest BCUT2D eigenvalue weighted by atomic mass is 10.2. The predicted octanol–water partition coefficient (Wildman–Crippen LogP) is 3.69. The molecule has 1 heterocycles. The molecule has 0 saturated carbocycles. The smallest absolute Gasteiger partial charge is 0.106 e. The highest BCUT2D eigenvalue weighted by molar-refractivity contribution is 7.98. The van der Waals surface area contributed by atoms with Crippen molar-refractivity contribution in [3.63, 3.8) is 0 Å². The lowest BCUT2D eigenvalue weighted by Crippen LogP contribution is -2.07. The summed E-state index contributed by atoms with van der Waals surface area (Å²) in [6.45, 7) is 0.940. The van der Waals surface area contributed by atoms with Gasteiger partial charge in [0.2, 0.25) is 0 Å². The number of halogens is 1. The molecule has 1 aromatic carbocycles. The monoisotopic (exact) mass is 281 g/mol. The molecule has 0 aliphatic carbocycles. The molecule has 3 nitrogen and oxygen atoms in total. The Kier molecular flexibility index (Phi) is 4.96. The van der Waals surface area contributed by atoms with Crippen LogP contribution in [0.15, 0.2) is 36.7 Å². The van der Waals surface area contributed by atoms with Crippen molar-refractivity contribution >= 4 is 29.1 Å². The van der Waals surface area contributed by atoms with Crippen LogP contribution in [-0.2, 0) is 0 Å². The lowest BCUT2D eigenvalue weighted by molar-refractivity contribution is 0.877. The van der Waals surface area contributed by atoms with Crippen LogP contribution < -0.4 is 5.32 Å². The Morgan fingerprint density at radius 2 is 2.28 bits per heavy atom. The highest BCUT2D eigenvalue weighted by Gasteiger charge is 2.08. The van der Waals surface area contributed by atoms with Gasteiger partial charge in [-0.15, -0.1) is 0 Å². The molecule has 5 heteroatoms. The number of nitrogens with one attached hydrogen (secondary N) is 1. The molecular weight excluding hydrogens is 266 g/mol. The summed E-state index contributed by atoms with van der Waals surface area (Å²) in [4.78, 5) is 0. The van der Waals surface area contributed by atoms with Crippen molar-refractivity contribution in [3.05, 3.63) is 41.7 Å². The molecule has 0 aliphatic heterocycles. The zero-order valence-corrected chi connectivity index (χ0v) is 11.8. The molecule has 2 rings (SSSR count). The van der Waals surface area contributed by atoms with Gasteiger partial charge in [0.1, 0.15) is 5.69 Å². The maximum Gasteiger partial charge on any atom is 0.106 e. The summed E-state index contributed by atoms with van der Waals surface area (Å²) < 4.78 is 1.79. The van der Waals surface area contributed by atoms with Crippen molar-refractivity contribution < 1.29 is 0 Å². The number of rotatable bonds is 6. The van der Waals surface area contributed by atoms with Crippen LogP contribution in [0.1, 0.15) is 6.42 Å². The quantitative estimate of drug-likeness (QED) is 0.819. The van der Waals surface area contributed by atoms with Crippen LogP contribution in [0.3, 0.4) is 0 Å². The summed E-state index contributed by atoms with van der Waals surface area (Å²) in [7, 11) is 0. The Morgan fingerprint density at radius 3 is 3.00 bits per heavy atom. The third kappa shape index (κ3) is 3.21. The van der Waals surface area contributed by atoms with Crippen LogP contribution >= 0.6 is 23.4 Å². The fraction of sp³-hybridized carbons (Fsp3) is 0.308. The van der Waals surface area contributed by atoms with E-state index in [2.05, 4.69) is 16.7 Å². The minimum atomic E-state index is 0.702. The first-order valence-electron chi connectivity index (χ1n) is 5.84. The molecule has 0 atom stereocenters. The van der Waals surface area contributed by atoms with E-state index in [-0.39, 0.29) is 0 Å². The van der Waals surface area contributed by atoms with E-state index in [1.165, 1.54) is 0 Å². The predicted molar refractivity (Wildman–Crippen MR) is 80.1 cm³/mol. The Labute approximate surface area is 117 Å². The van der Waals surface area contributed by atoms with Crippen molar-refractivity contribution in [2.75, 3.05) is 23.9 Å². The highest BCUT2D eigenvalue weighted by Crippen LogP contribution is 2.27. The number of anilines is 1. The van der Waals surface area contributed by atoms with E-state index >= 15 is 0 Å². The van der Waals surface area contributed by atoms with Crippen molar-refractivity contribution in [2.45, 2.75) is 6.42 Å². The van der Waals surface area contributed by atoms with Gasteiger partial charge in [-0.2, -0.15) is 16.9 Å². The minimum absolute atomic E-state index is 0.702. The SMILES string of the molecule is CSCCCNc1cccc(Cl)c1-n1cccn1. The fourth-order valence-corrected chi connectivity index (χ4v) is 2.43. The number of hydrogen-bond acceptors (Lipinski definition) is 3. The number of benzene rings is 1. The summed E-state index contributed by atoms with van der Waals surface area (Å²) in [5.74, 6) is 1.16. The van der Waals surface area contributed by atoms with Gasteiger partial charge in [-0.25, -0.2) is 4.68 Å². The summed E-state index contributed by atoms with van der Waals surface area (Å²) >= 11 is 8.11. The zero-order chi connectivity index (χ0) is 12.8. The molecule has 0 spiro atoms. The fourth-order valence-electron chi connectivity index (χ4n) is 1.73. The summed E-state index contributed by atoms with van der Waals surface area (Å²) in [6, 6.07) is 7.75. The van der Waals surface area contributed by atoms with Gasteiger partial charge in [0.15, 0.2) is 0 Å². The molecule has 1 aromatic heterocycles. The van der Waals surface area contributed by atoms with Gasteiger partial charge in [0.25, 0.3) is 0 Å². The largest absolute Gasteiger partial charge is 0.383 e. The van der Waals surface area contributed by atoms with E-state index in [9.17, 15) is 0 Å². The van der Waals surface area contributed by atoms with Gasteiger partial charge >= 0.3 is 0 Å². The number of para-hydroxylation sites is 1. The Bertz CT molecular complexity index is 485. The van der Waals surface area contributed by atoms with E-state index in [0.717, 1.165) is 30.1 Å². The van der Waals surface area contributed by atoms with Crippen molar-refractivity contribution in [1.82, 2.24) is 9.78 Å². The van der Waals surface area contributed by atoms with Gasteiger partial charge in [-0.3, -0.25) is 0 Å². The third-order valence-corrected chi connectivity index (χ3v) is 3.56. The number of thioether (sulfide) groups is 1. The van der Waals surface area contributed by atoms with Crippen molar-refractivity contribution in [3.8, 4) is 5.69 Å². The van der Waals surface area contributed by atoms with Crippen LogP contribution in [0, 0.1) is 0 Å². The second kappa shape index (κ2) is 6.71. The Morgan fingerprint density at radius 1 is 1.39 bits per heavy atom. The number of aromatic nitrogens is 2. The van der Waals surface area contributed by atoms with Gasteiger partial charge in [-0.05, 0) is 36.6 Å². The van der Waals surface area contributed by atoms with Crippen LogP contribution in [-0.4, -0.2) is 28.3 Å². The van der Waals surface area contributed by atoms with E-state index in [4.69, 9.17) is 11.6 Å². The normalized spacial score (nSPS) is 10.6. The Balaban J connectivity index is 2.17. The molecule has 0 fully saturated rings. The van der Waals surface area contributed by atoms with Crippen LogP contribution in [0.25, 0.3) is 5.69 Å². The topological polar surface area (TPSA) is 29.9 Å². The molecule has 96 valence electrons. The van der Waals surface area contributed by atoms with Crippen molar-refractivity contribution in [2.24, 2.45) is 0 Å². The third-order valence-electron chi connectivity index (χ3n) is 2.56. The number of hydrogen-bond donors (Lipinski definition) is 1. The molecular formula is C13H16ClN3S. The summed E-state index contributed by atoms with van der Waals surface area (Å²) in [5, 5.41) is 8.36. The maximum absolute atomic E-state index is 6.26. The number of nitrogens with zero attached hydrogens (tertiary/aromatic N) is 2. The molecule has 0 saturated heterocycles. The molecule has 1 N–H and O–H groups in total. The highest BCUT2D eigenvalue weighted by atomic mass is 35.5. The van der Waals surface area contributed by atoms with Crippen LogP contribution in [0.4, 0.5) is 5.69 Å². The van der Waals surface area contributed by atoms with Crippen molar-refractivity contribution in [1.29, 1.82) is 0 Å². The van der Waals surface area contributed by atoms with Gasteiger partial charge in [0, 0.05) is 18.9 Å². The first-order chi connectivity index (χ1) is 8.83. The van der Waals surface area contributed by atoms with E-state index in [1.54, 1.807) is 10.9 Å². The van der Waals surface area contributed by atoms with Gasteiger partial charge in [-0.1, -0.05) is 17.7 Å². The van der Waals surface area contributed by atoms with Gasteiger partial charge in [0.05, 0.1) is 10.7 Å². The summed E-state index contributed by atoms with van der Waals surface area (Å²) in [5.41, 5.74) is 1.93. The van der Waals surface area contributed by atoms with E-state index in [0.29, 0.717) is 5.02 Å². The van der Waals surface area contributed by atoms with E-state index < -0.39 is 0 Å². The minimum Gasteiger partial charge on any atom is -0.383 e.